The first-order valence-electron chi connectivity index (χ1n) is 42.6. The zero-order chi connectivity index (χ0) is 81.5. The Bertz CT molecular complexity index is 8150. The quantitative estimate of drug-likeness (QED) is 0.128. The maximum atomic E-state index is 5.35. The van der Waals surface area contributed by atoms with Crippen LogP contribution < -0.4 is 0 Å². The zero-order valence-electron chi connectivity index (χ0n) is 67.4. The van der Waals surface area contributed by atoms with Gasteiger partial charge in [0.25, 0.3) is 0 Å². The van der Waals surface area contributed by atoms with Gasteiger partial charge in [-0.05, 0) is 219 Å². The molecule has 26 rings (SSSR count). The van der Waals surface area contributed by atoms with Gasteiger partial charge in [-0.15, -0.1) is 0 Å². The van der Waals surface area contributed by atoms with Crippen molar-refractivity contribution >= 4 is 152 Å². The van der Waals surface area contributed by atoms with E-state index in [0.717, 1.165) is 84.3 Å². The highest BCUT2D eigenvalue weighted by molar-refractivity contribution is 6.28. The van der Waals surface area contributed by atoms with Gasteiger partial charge in [0.15, 0.2) is 0 Å². The van der Waals surface area contributed by atoms with Crippen molar-refractivity contribution in [1.29, 1.82) is 0 Å². The number of aromatic nitrogens is 6. The minimum absolute atomic E-state index is 0.897. The second-order valence-electron chi connectivity index (χ2n) is 32.6. The summed E-state index contributed by atoms with van der Waals surface area (Å²) in [5.41, 5.74) is 25.9. The Kier molecular flexibility index (Phi) is 16.3. The van der Waals surface area contributed by atoms with Crippen molar-refractivity contribution in [3.63, 3.8) is 0 Å². The number of nitrogens with zero attached hydrogens (tertiary/aromatic N) is 6. The van der Waals surface area contributed by atoms with E-state index in [2.05, 4.69) is 467 Å². The zero-order valence-corrected chi connectivity index (χ0v) is 67.4. The summed E-state index contributed by atoms with van der Waals surface area (Å²) in [7, 11) is 0. The summed E-state index contributed by atoms with van der Waals surface area (Å²) >= 11 is 0. The lowest BCUT2D eigenvalue weighted by atomic mass is 9.94. The number of para-hydroxylation sites is 4. The van der Waals surface area contributed by atoms with E-state index in [-0.39, 0.29) is 0 Å². The van der Waals surface area contributed by atoms with Gasteiger partial charge < -0.3 is 13.7 Å². The predicted molar refractivity (Wildman–Crippen MR) is 523 cm³/mol. The van der Waals surface area contributed by atoms with Gasteiger partial charge in [0, 0.05) is 71.2 Å². The molecule has 576 valence electrons. The molecule has 0 aliphatic heterocycles. The molecule has 26 aromatic rings. The summed E-state index contributed by atoms with van der Waals surface area (Å²) in [6.45, 7) is 0. The molecule has 6 heteroatoms. The first-order chi connectivity index (χ1) is 61.5. The Balaban J connectivity index is 0.000000136. The van der Waals surface area contributed by atoms with Crippen LogP contribution in [0.4, 0.5) is 0 Å². The average Bonchev–Trinajstić information content (AvgIpc) is 1.31. The summed E-state index contributed by atoms with van der Waals surface area (Å²) in [5, 5.41) is 25.2. The smallest absolute Gasteiger partial charge is 0.138 e. The van der Waals surface area contributed by atoms with E-state index in [9.17, 15) is 0 Å². The van der Waals surface area contributed by atoms with Gasteiger partial charge in [0.05, 0.1) is 66.9 Å². The molecule has 6 heterocycles. The van der Waals surface area contributed by atoms with E-state index in [1.54, 1.807) is 0 Å². The van der Waals surface area contributed by atoms with Crippen LogP contribution in [0.3, 0.4) is 0 Å². The van der Waals surface area contributed by atoms with Gasteiger partial charge in [0.2, 0.25) is 0 Å². The highest BCUT2D eigenvalue weighted by Crippen LogP contribution is 2.46. The molecule has 20 aromatic carbocycles. The Morgan fingerprint density at radius 1 is 0.121 bits per heavy atom. The van der Waals surface area contributed by atoms with Crippen LogP contribution in [0.25, 0.3) is 242 Å². The molecule has 0 atom stereocenters. The van der Waals surface area contributed by atoms with Crippen LogP contribution in [0.1, 0.15) is 0 Å². The van der Waals surface area contributed by atoms with Crippen LogP contribution in [0.5, 0.6) is 0 Å². The molecule has 0 saturated heterocycles. The predicted octanol–water partition coefficient (Wildman–Crippen LogP) is 31.5. The monoisotopic (exact) mass is 1570 g/mol. The lowest BCUT2D eigenvalue weighted by Crippen LogP contribution is -2.00. The number of hydrogen-bond donors (Lipinski definition) is 0. The summed E-state index contributed by atoms with van der Waals surface area (Å²) in [6, 6.07) is 163. The fraction of sp³-hybridized carbons (Fsp3) is 0. The van der Waals surface area contributed by atoms with Crippen LogP contribution in [-0.4, -0.2) is 28.2 Å². The van der Waals surface area contributed by atoms with Gasteiger partial charge in [-0.1, -0.05) is 328 Å². The van der Waals surface area contributed by atoms with Gasteiger partial charge >= 0.3 is 0 Å². The third-order valence-corrected chi connectivity index (χ3v) is 25.8. The first-order valence-corrected chi connectivity index (χ1v) is 42.6. The lowest BCUT2D eigenvalue weighted by molar-refractivity contribution is 1.08. The molecule has 0 bridgehead atoms. The fourth-order valence-electron chi connectivity index (χ4n) is 20.1. The van der Waals surface area contributed by atoms with Crippen LogP contribution in [0.2, 0.25) is 0 Å². The molecule has 0 unspecified atom stereocenters. The minimum Gasteiger partial charge on any atom is -0.309 e. The Morgan fingerprint density at radius 2 is 0.371 bits per heavy atom. The van der Waals surface area contributed by atoms with Crippen LogP contribution in [0, 0.1) is 0 Å². The second kappa shape index (κ2) is 28.6. The molecule has 6 nitrogen and oxygen atoms in total. The Labute approximate surface area is 714 Å². The number of rotatable bonds is 10. The van der Waals surface area contributed by atoms with Crippen LogP contribution in [-0.2, 0) is 0 Å². The third kappa shape index (κ3) is 11.4. The van der Waals surface area contributed by atoms with Crippen LogP contribution in [0.15, 0.2) is 449 Å². The standard InChI is InChI=1S/2C59H37N3/c1-3-15-38(16-4-1)42-35-54(39-17-5-2-6-18-39)60-59(36-42)62-56-26-14-12-24-50(56)53-34-41(28-32-58(53)62)40-27-31-57-52(33-40)49-23-11-13-25-55(49)61(57)43-29-30-48-46-21-8-7-19-44(46)45-20-9-10-22-47(45)51(48)37-43;1-3-15-38(16-4-1)54-36-43(37-55(60-54)39-17-5-2-6-18-39)62-57-26-14-12-24-50(57)53-34-41(28-32-59(53)62)40-27-31-58-52(33-40)49-23-11-13-25-56(49)61(58)42-29-30-48-46-21-8-7-19-44(46)45-20-9-10-22-47(45)51(48)35-42/h2*1-37H. The molecule has 0 N–H and O–H groups in total. The molecular weight excluding hydrogens is 1500 g/mol. The number of benzene rings is 20. The molecule has 0 fully saturated rings. The molecule has 0 aliphatic rings. The topological polar surface area (TPSA) is 45.5 Å². The summed E-state index contributed by atoms with van der Waals surface area (Å²) in [6.07, 6.45) is 0. The highest BCUT2D eigenvalue weighted by atomic mass is 15.1. The maximum absolute atomic E-state index is 5.35. The summed E-state index contributed by atoms with van der Waals surface area (Å²) in [5.74, 6) is 0.897. The molecule has 0 radical (unpaired) electrons. The normalized spacial score (nSPS) is 11.9. The van der Waals surface area contributed by atoms with Crippen molar-refractivity contribution in [3.05, 3.63) is 449 Å². The summed E-state index contributed by atoms with van der Waals surface area (Å²) in [4.78, 5) is 10.5. The lowest BCUT2D eigenvalue weighted by Gasteiger charge is -2.14. The molecule has 0 spiro atoms. The highest BCUT2D eigenvalue weighted by Gasteiger charge is 2.24. The van der Waals surface area contributed by atoms with Crippen molar-refractivity contribution in [1.82, 2.24) is 28.2 Å². The number of pyridine rings is 2. The van der Waals surface area contributed by atoms with E-state index in [4.69, 9.17) is 9.97 Å². The fourth-order valence-corrected chi connectivity index (χ4v) is 20.1. The second-order valence-corrected chi connectivity index (χ2v) is 32.6. The molecule has 6 aromatic heterocycles. The van der Waals surface area contributed by atoms with Crippen molar-refractivity contribution in [2.24, 2.45) is 0 Å². The number of fused-ring (bicyclic) bond motifs is 24. The maximum Gasteiger partial charge on any atom is 0.138 e. The van der Waals surface area contributed by atoms with Crippen molar-refractivity contribution in [3.8, 4) is 90.0 Å². The van der Waals surface area contributed by atoms with E-state index in [1.807, 2.05) is 0 Å². The Hall–Kier alpha value is -16.5. The Morgan fingerprint density at radius 3 is 0.710 bits per heavy atom. The minimum atomic E-state index is 0.897. The molecule has 124 heavy (non-hydrogen) atoms. The molecule has 0 saturated carbocycles. The van der Waals surface area contributed by atoms with Crippen molar-refractivity contribution < 1.29 is 0 Å². The largest absolute Gasteiger partial charge is 0.309 e. The van der Waals surface area contributed by atoms with Crippen molar-refractivity contribution in [2.45, 2.75) is 0 Å². The molecular formula is C118H74N6. The van der Waals surface area contributed by atoms with E-state index < -0.39 is 0 Å². The molecule has 0 amide bonds. The first kappa shape index (κ1) is 70.5. The number of hydrogen-bond acceptors (Lipinski definition) is 2. The van der Waals surface area contributed by atoms with E-state index in [0.29, 0.717) is 0 Å². The third-order valence-electron chi connectivity index (χ3n) is 25.8. The van der Waals surface area contributed by atoms with Gasteiger partial charge in [-0.2, -0.15) is 0 Å². The SMILES string of the molecule is c1ccc(-c2cc(-c3ccccc3)nc(-n3c4ccccc4c4cc(-c5ccc6c(c5)c5ccccc5n6-c5ccc6c7ccccc7c7ccccc7c6c5)ccc43)c2)cc1.c1ccc(-c2cc(-n3c4ccccc4c4cc(-c5ccc6c(c5)c5ccccc5n6-c5ccc6c7ccccc7c7ccccc7c6c5)ccc43)cc(-c3ccccc3)n2)cc1. The van der Waals surface area contributed by atoms with Crippen LogP contribution >= 0.6 is 0 Å². The van der Waals surface area contributed by atoms with Gasteiger partial charge in [-0.3, -0.25) is 4.57 Å². The average molecular weight is 1580 g/mol. The van der Waals surface area contributed by atoms with Gasteiger partial charge in [0.1, 0.15) is 5.82 Å². The van der Waals surface area contributed by atoms with E-state index in [1.165, 1.54) is 158 Å². The van der Waals surface area contributed by atoms with Crippen molar-refractivity contribution in [2.75, 3.05) is 0 Å². The molecule has 0 aliphatic carbocycles. The summed E-state index contributed by atoms with van der Waals surface area (Å²) < 4.78 is 9.62. The van der Waals surface area contributed by atoms with Gasteiger partial charge in [-0.25, -0.2) is 9.97 Å². The van der Waals surface area contributed by atoms with E-state index >= 15 is 0 Å².